The molecule has 2 atom stereocenters. The smallest absolute Gasteiger partial charge is 0.322 e. The van der Waals surface area contributed by atoms with E-state index in [-0.39, 0.29) is 13.1 Å². The summed E-state index contributed by atoms with van der Waals surface area (Å²) in [6.45, 7) is 1.47. The molecule has 116 valence electrons. The Kier molecular flexibility index (Phi) is 7.14. The van der Waals surface area contributed by atoms with Gasteiger partial charge < -0.3 is 26.3 Å². The quantitative estimate of drug-likeness (QED) is 0.246. The monoisotopic (exact) mass is 308 g/mol. The van der Waals surface area contributed by atoms with E-state index in [0.717, 1.165) is 6.26 Å². The number of sulfone groups is 1. The number of aliphatic imine (C=N–C) groups is 1. The van der Waals surface area contributed by atoms with Gasteiger partial charge in [0.05, 0.1) is 12.6 Å². The van der Waals surface area contributed by atoms with Crippen molar-refractivity contribution in [3.63, 3.8) is 0 Å². The molecule has 9 nitrogen and oxygen atoms in total. The Morgan fingerprint density at radius 3 is 2.40 bits per heavy atom. The Balaban J connectivity index is 4.39. The molecule has 0 fully saturated rings. The number of nitrogens with zero attached hydrogens (tertiary/aromatic N) is 1. The van der Waals surface area contributed by atoms with Crippen LogP contribution in [0, 0.1) is 0 Å². The number of aliphatic carboxylic acids is 1. The van der Waals surface area contributed by atoms with Gasteiger partial charge in [-0.1, -0.05) is 0 Å². The molecule has 0 aromatic rings. The van der Waals surface area contributed by atoms with Crippen molar-refractivity contribution in [2.75, 3.05) is 19.3 Å². The molecule has 0 aliphatic carbocycles. The predicted molar refractivity (Wildman–Crippen MR) is 69.8 cm³/mol. The number of amides is 1. The highest BCUT2D eigenvalue weighted by atomic mass is 32.2. The largest absolute Gasteiger partial charge is 0.862 e. The average molecular weight is 308 g/mol. The maximum Gasteiger partial charge on any atom is 0.322 e. The summed E-state index contributed by atoms with van der Waals surface area (Å²) < 4.78 is 22.3. The first-order chi connectivity index (χ1) is 9.05. The number of hydrogen-bond donors (Lipinski definition) is 3. The molecule has 0 heterocycles. The summed E-state index contributed by atoms with van der Waals surface area (Å²) in [4.78, 5) is 25.3. The van der Waals surface area contributed by atoms with E-state index in [0.29, 0.717) is 0 Å². The van der Waals surface area contributed by atoms with Crippen LogP contribution in [-0.2, 0) is 19.4 Å². The van der Waals surface area contributed by atoms with Crippen LogP contribution in [0.2, 0.25) is 0 Å². The van der Waals surface area contributed by atoms with Gasteiger partial charge in [0.2, 0.25) is 5.91 Å². The standard InChI is InChI=1S/C10H19N3O6S/c1-6(11)9(15)13-4-3-12-8(14)5-7(10(16)17)20(2,18)19/h6-7H,3-5,11H2,1-2H3,(H,12,14)(H,13,15)(H,16,17)/p-1/t6-,7?/m0/s1. The lowest BCUT2D eigenvalue weighted by Gasteiger charge is -2.15. The van der Waals surface area contributed by atoms with E-state index >= 15 is 0 Å². The van der Waals surface area contributed by atoms with Gasteiger partial charge in [0, 0.05) is 19.2 Å². The highest BCUT2D eigenvalue weighted by Crippen LogP contribution is 2.04. The fourth-order valence-electron chi connectivity index (χ4n) is 1.17. The molecular formula is C10H18N3O6S-. The number of carboxylic acids is 1. The number of carboxylic acid groups (broad SMARTS) is 1. The molecule has 0 rings (SSSR count). The van der Waals surface area contributed by atoms with E-state index in [9.17, 15) is 23.1 Å². The second kappa shape index (κ2) is 7.80. The Morgan fingerprint density at radius 2 is 2.00 bits per heavy atom. The minimum Gasteiger partial charge on any atom is -0.862 e. The summed E-state index contributed by atoms with van der Waals surface area (Å²) in [5.74, 6) is -2.86. The molecule has 10 heteroatoms. The predicted octanol–water partition coefficient (Wildman–Crippen LogP) is -2.90. The maximum absolute atomic E-state index is 11.4. The molecule has 0 aromatic carbocycles. The van der Waals surface area contributed by atoms with Gasteiger partial charge in [0.1, 0.15) is 0 Å². The van der Waals surface area contributed by atoms with Gasteiger partial charge in [0.25, 0.3) is 0 Å². The molecular weight excluding hydrogens is 290 g/mol. The second-order valence-corrected chi connectivity index (χ2v) is 6.44. The first-order valence-electron chi connectivity index (χ1n) is 5.71. The normalized spacial score (nSPS) is 15.4. The van der Waals surface area contributed by atoms with Crippen molar-refractivity contribution in [2.24, 2.45) is 10.7 Å². The lowest BCUT2D eigenvalue weighted by molar-refractivity contribution is -0.219. The zero-order valence-electron chi connectivity index (χ0n) is 11.2. The molecule has 0 aliphatic heterocycles. The number of carbonyl (C=O) groups is 2. The molecule has 0 aliphatic rings. The highest BCUT2D eigenvalue weighted by Gasteiger charge is 2.28. The Morgan fingerprint density at radius 1 is 1.45 bits per heavy atom. The van der Waals surface area contributed by atoms with Crippen LogP contribution in [0.5, 0.6) is 0 Å². The van der Waals surface area contributed by atoms with Crippen molar-refractivity contribution >= 4 is 27.6 Å². The first kappa shape index (κ1) is 18.3. The number of nitrogens with one attached hydrogen (secondary N) is 1. The number of carbonyl (C=O) groups excluding carboxylic acids is 1. The molecule has 1 unspecified atom stereocenters. The minimum absolute atomic E-state index is 0.0583. The van der Waals surface area contributed by atoms with Crippen molar-refractivity contribution in [1.29, 1.82) is 0 Å². The van der Waals surface area contributed by atoms with Crippen LogP contribution in [0.15, 0.2) is 4.99 Å². The van der Waals surface area contributed by atoms with E-state index in [1.807, 2.05) is 0 Å². The second-order valence-electron chi connectivity index (χ2n) is 4.22. The molecule has 0 aromatic heterocycles. The van der Waals surface area contributed by atoms with Crippen LogP contribution in [0.3, 0.4) is 0 Å². The minimum atomic E-state index is -3.88. The fraction of sp³-hybridized carbons (Fsp3) is 0.700. The maximum atomic E-state index is 11.4. The van der Waals surface area contributed by atoms with Gasteiger partial charge in [-0.2, -0.15) is 0 Å². The van der Waals surface area contributed by atoms with Gasteiger partial charge in [-0.15, -0.1) is 0 Å². The van der Waals surface area contributed by atoms with Gasteiger partial charge in [0.15, 0.2) is 15.1 Å². The van der Waals surface area contributed by atoms with E-state index in [2.05, 4.69) is 10.3 Å². The fourth-order valence-corrected chi connectivity index (χ4v) is 1.98. The van der Waals surface area contributed by atoms with Gasteiger partial charge in [-0.25, -0.2) is 8.42 Å². The molecule has 4 N–H and O–H groups in total. The van der Waals surface area contributed by atoms with Crippen molar-refractivity contribution in [3.8, 4) is 0 Å². The molecule has 0 saturated heterocycles. The third-order valence-corrected chi connectivity index (χ3v) is 3.67. The Bertz CT molecular complexity index is 485. The summed E-state index contributed by atoms with van der Waals surface area (Å²) in [6, 6.07) is -0.688. The lowest BCUT2D eigenvalue weighted by Crippen LogP contribution is -2.39. The third kappa shape index (κ3) is 7.04. The lowest BCUT2D eigenvalue weighted by atomic mass is 10.3. The van der Waals surface area contributed by atoms with Crippen LogP contribution in [-0.4, -0.2) is 61.9 Å². The van der Waals surface area contributed by atoms with Crippen molar-refractivity contribution in [1.82, 2.24) is 5.32 Å². The van der Waals surface area contributed by atoms with Gasteiger partial charge in [-0.05, 0) is 12.8 Å². The van der Waals surface area contributed by atoms with Crippen LogP contribution in [0.4, 0.5) is 0 Å². The zero-order chi connectivity index (χ0) is 15.9. The molecule has 0 spiro atoms. The van der Waals surface area contributed by atoms with Crippen molar-refractivity contribution < 1.29 is 28.2 Å². The molecule has 20 heavy (non-hydrogen) atoms. The Labute approximate surface area is 116 Å². The number of nitrogens with two attached hydrogens (primary N) is 1. The Hall–Kier alpha value is -1.68. The zero-order valence-corrected chi connectivity index (χ0v) is 12.0. The van der Waals surface area contributed by atoms with Crippen LogP contribution >= 0.6 is 0 Å². The number of hydrogen-bond acceptors (Lipinski definition) is 7. The molecule has 0 saturated carbocycles. The highest BCUT2D eigenvalue weighted by molar-refractivity contribution is 7.92. The van der Waals surface area contributed by atoms with E-state index in [4.69, 9.17) is 10.8 Å². The van der Waals surface area contributed by atoms with Crippen molar-refractivity contribution in [3.05, 3.63) is 0 Å². The summed E-state index contributed by atoms with van der Waals surface area (Å²) in [7, 11) is -3.88. The van der Waals surface area contributed by atoms with E-state index in [1.54, 1.807) is 0 Å². The van der Waals surface area contributed by atoms with E-state index < -0.39 is 45.3 Å². The van der Waals surface area contributed by atoms with Gasteiger partial charge >= 0.3 is 5.97 Å². The van der Waals surface area contributed by atoms with Crippen LogP contribution in [0.25, 0.3) is 0 Å². The summed E-state index contributed by atoms with van der Waals surface area (Å²) in [6.07, 6.45) is 0.0112. The molecule has 1 amide bonds. The topological polar surface area (TPSA) is 162 Å². The molecule has 0 bridgehead atoms. The third-order valence-electron chi connectivity index (χ3n) is 2.27. The summed E-state index contributed by atoms with van der Waals surface area (Å²) in [5.41, 5.74) is 5.28. The van der Waals surface area contributed by atoms with Crippen LogP contribution < -0.4 is 16.2 Å². The van der Waals surface area contributed by atoms with Crippen LogP contribution in [0.1, 0.15) is 13.3 Å². The van der Waals surface area contributed by atoms with E-state index in [1.165, 1.54) is 6.92 Å². The van der Waals surface area contributed by atoms with Crippen molar-refractivity contribution in [2.45, 2.75) is 24.6 Å². The van der Waals surface area contributed by atoms with Gasteiger partial charge in [-0.3, -0.25) is 9.59 Å². The molecule has 0 radical (unpaired) electrons. The summed E-state index contributed by atoms with van der Waals surface area (Å²) >= 11 is 0. The average Bonchev–Trinajstić information content (AvgIpc) is 2.29. The number of rotatable bonds is 8. The SMILES string of the molecule is C[C@H](N)C(=O)NCCN=C([O-])CC(C(=O)O)S(C)(=O)=O. The summed E-state index contributed by atoms with van der Waals surface area (Å²) in [5, 5.41) is 20.7. The first-order valence-corrected chi connectivity index (χ1v) is 7.66.